The molecule has 4 heterocycles. The maximum absolute atomic E-state index is 13.8. The molecule has 2 aromatic carbocycles. The van der Waals surface area contributed by atoms with E-state index in [4.69, 9.17) is 23.2 Å². The highest BCUT2D eigenvalue weighted by molar-refractivity contribution is 6.31. The van der Waals surface area contributed by atoms with Crippen molar-refractivity contribution in [1.29, 1.82) is 0 Å². The Morgan fingerprint density at radius 3 is 2.60 bits per heavy atom. The Hall–Kier alpha value is -4.75. The van der Waals surface area contributed by atoms with Crippen molar-refractivity contribution in [1.82, 2.24) is 34.8 Å². The lowest BCUT2D eigenvalue weighted by Gasteiger charge is -2.39. The molecule has 0 radical (unpaired) electrons. The van der Waals surface area contributed by atoms with Gasteiger partial charge >= 0.3 is 6.09 Å². The van der Waals surface area contributed by atoms with Crippen LogP contribution in [-0.4, -0.2) is 78.1 Å². The Morgan fingerprint density at radius 1 is 1.00 bits per heavy atom. The molecule has 2 N–H and O–H groups in total. The highest BCUT2D eigenvalue weighted by atomic mass is 35.5. The molecule has 4 aromatic rings. The van der Waals surface area contributed by atoms with Crippen molar-refractivity contribution in [3.8, 4) is 16.9 Å². The van der Waals surface area contributed by atoms with E-state index < -0.39 is 30.0 Å². The van der Waals surface area contributed by atoms with Crippen LogP contribution < -0.4 is 15.8 Å². The quantitative estimate of drug-likeness (QED) is 0.339. The lowest BCUT2D eigenvalue weighted by molar-refractivity contribution is -0.129. The van der Waals surface area contributed by atoms with Crippen LogP contribution in [0, 0.1) is 0 Å². The van der Waals surface area contributed by atoms with Crippen molar-refractivity contribution in [2.24, 2.45) is 0 Å². The monoisotopic (exact) mass is 650 g/mol. The zero-order valence-electron chi connectivity index (χ0n) is 23.8. The normalized spacial score (nSPS) is 19.2. The molecule has 15 heteroatoms. The fraction of sp³-hybridized carbons (Fsp3) is 0.300. The first-order valence-electron chi connectivity index (χ1n) is 14.3. The fourth-order valence-corrected chi connectivity index (χ4v) is 6.12. The minimum absolute atomic E-state index is 0.155. The third kappa shape index (κ3) is 6.26. The molecule has 2 bridgehead atoms. The number of rotatable bonds is 3. The van der Waals surface area contributed by atoms with E-state index >= 15 is 0 Å². The number of carbonyl (C=O) groups is 3. The van der Waals surface area contributed by atoms with E-state index in [1.807, 2.05) is 6.07 Å². The first-order chi connectivity index (χ1) is 21.7. The van der Waals surface area contributed by atoms with E-state index in [1.54, 1.807) is 41.0 Å². The standard InChI is InChI=1S/C30H28Cl2N8O5/c31-19-8-9-24(39-15-26(32)35-36-39)21(12-19)22-13-27(41)38(17-34-22)23-7-2-1-3-10-33-29(43)25-14-37(30(44)45)16-28(42)40(25)20-6-4-5-18(23)11-20/h4-6,8-9,11-13,15,17,23,25H,1-3,7,10,14,16H2,(H,33,43)(H,44,45)/t23-,25-/m0/s1. The summed E-state index contributed by atoms with van der Waals surface area (Å²) in [6, 6.07) is 12.2. The number of amides is 3. The smallest absolute Gasteiger partial charge is 0.407 e. The minimum Gasteiger partial charge on any atom is -0.465 e. The van der Waals surface area contributed by atoms with Crippen LogP contribution in [-0.2, 0) is 9.59 Å². The number of hydrogen-bond acceptors (Lipinski definition) is 7. The summed E-state index contributed by atoms with van der Waals surface area (Å²) in [5, 5.41) is 20.9. The molecule has 2 atom stereocenters. The summed E-state index contributed by atoms with van der Waals surface area (Å²) in [7, 11) is 0. The van der Waals surface area contributed by atoms with E-state index in [0.717, 1.165) is 23.3 Å². The molecule has 2 aliphatic rings. The second-order valence-corrected chi connectivity index (χ2v) is 11.7. The molecule has 13 nitrogen and oxygen atoms in total. The van der Waals surface area contributed by atoms with Crippen molar-refractivity contribution in [3.05, 3.63) is 87.1 Å². The van der Waals surface area contributed by atoms with Gasteiger partial charge in [0.05, 0.1) is 36.5 Å². The molecule has 2 aliphatic heterocycles. The van der Waals surface area contributed by atoms with Gasteiger partial charge < -0.3 is 10.4 Å². The Bertz CT molecular complexity index is 1840. The number of piperazine rings is 1. The maximum Gasteiger partial charge on any atom is 0.407 e. The number of fused-ring (bicyclic) bond motifs is 4. The van der Waals surface area contributed by atoms with Gasteiger partial charge in [-0.05, 0) is 48.7 Å². The van der Waals surface area contributed by atoms with Gasteiger partial charge in [0, 0.05) is 28.9 Å². The maximum atomic E-state index is 13.8. The lowest BCUT2D eigenvalue weighted by Crippen LogP contribution is -2.62. The number of carboxylic acid groups (broad SMARTS) is 1. The van der Waals surface area contributed by atoms with Crippen LogP contribution in [0.2, 0.25) is 10.2 Å². The van der Waals surface area contributed by atoms with Gasteiger partial charge in [0.1, 0.15) is 12.6 Å². The van der Waals surface area contributed by atoms with Gasteiger partial charge in [0.2, 0.25) is 11.8 Å². The van der Waals surface area contributed by atoms with Gasteiger partial charge in [0.25, 0.3) is 5.56 Å². The number of nitrogens with one attached hydrogen (secondary N) is 1. The molecule has 0 unspecified atom stereocenters. The number of benzene rings is 2. The van der Waals surface area contributed by atoms with Gasteiger partial charge in [-0.3, -0.25) is 28.8 Å². The van der Waals surface area contributed by atoms with Crippen LogP contribution in [0.5, 0.6) is 0 Å². The van der Waals surface area contributed by atoms with Crippen molar-refractivity contribution in [3.63, 3.8) is 0 Å². The number of carbonyl (C=O) groups excluding carboxylic acids is 2. The van der Waals surface area contributed by atoms with Gasteiger partial charge in [-0.25, -0.2) is 14.5 Å². The Kier molecular flexibility index (Phi) is 8.55. The van der Waals surface area contributed by atoms with Crippen LogP contribution in [0.4, 0.5) is 10.5 Å². The molecule has 6 rings (SSSR count). The molecule has 1 fully saturated rings. The predicted molar refractivity (Wildman–Crippen MR) is 166 cm³/mol. The first-order valence-corrected chi connectivity index (χ1v) is 15.1. The van der Waals surface area contributed by atoms with Crippen molar-refractivity contribution < 1.29 is 19.5 Å². The van der Waals surface area contributed by atoms with Crippen molar-refractivity contribution in [2.45, 2.75) is 37.8 Å². The molecule has 0 saturated carbocycles. The number of anilines is 1. The summed E-state index contributed by atoms with van der Waals surface area (Å²) in [6.07, 6.45) is 4.57. The van der Waals surface area contributed by atoms with Crippen molar-refractivity contribution in [2.75, 3.05) is 24.5 Å². The van der Waals surface area contributed by atoms with E-state index in [1.165, 1.54) is 28.2 Å². The van der Waals surface area contributed by atoms with Gasteiger partial charge in [-0.2, -0.15) is 0 Å². The summed E-state index contributed by atoms with van der Waals surface area (Å²) in [4.78, 5) is 58.8. The SMILES string of the molecule is O=C1NCCCCC[C@H](n2cnc(-c3cc(Cl)ccc3-n3cc(Cl)nn3)cc2=O)c2cccc(c2)N2C(=O)CN(C(=O)O)C[C@@H]12. The summed E-state index contributed by atoms with van der Waals surface area (Å²) in [6.45, 7) is -0.149. The molecule has 0 spiro atoms. The lowest BCUT2D eigenvalue weighted by atomic mass is 9.98. The highest BCUT2D eigenvalue weighted by Crippen LogP contribution is 2.31. The second-order valence-electron chi connectivity index (χ2n) is 10.9. The van der Waals surface area contributed by atoms with Crippen LogP contribution >= 0.6 is 23.2 Å². The molecule has 45 heavy (non-hydrogen) atoms. The Labute approximate surface area is 267 Å². The molecule has 1 saturated heterocycles. The van der Waals surface area contributed by atoms with Crippen LogP contribution in [0.25, 0.3) is 16.9 Å². The zero-order valence-corrected chi connectivity index (χ0v) is 25.4. The van der Waals surface area contributed by atoms with E-state index in [-0.39, 0.29) is 23.8 Å². The van der Waals surface area contributed by atoms with Crippen LogP contribution in [0.15, 0.2) is 65.8 Å². The molecule has 232 valence electrons. The summed E-state index contributed by atoms with van der Waals surface area (Å²) in [5.41, 5.74) is 2.42. The first kappa shape index (κ1) is 30.3. The number of halogens is 2. The largest absolute Gasteiger partial charge is 0.465 e. The number of hydrogen-bond donors (Lipinski definition) is 2. The van der Waals surface area contributed by atoms with Gasteiger partial charge in [-0.15, -0.1) is 5.10 Å². The predicted octanol–water partition coefficient (Wildman–Crippen LogP) is 3.77. The summed E-state index contributed by atoms with van der Waals surface area (Å²) in [5.74, 6) is -0.929. The van der Waals surface area contributed by atoms with Crippen LogP contribution in [0.1, 0.15) is 37.3 Å². The molecule has 2 aromatic heterocycles. The van der Waals surface area contributed by atoms with E-state index in [2.05, 4.69) is 20.6 Å². The van der Waals surface area contributed by atoms with E-state index in [9.17, 15) is 24.3 Å². The Balaban J connectivity index is 1.39. The van der Waals surface area contributed by atoms with Gasteiger partial charge in [-0.1, -0.05) is 53.4 Å². The van der Waals surface area contributed by atoms with E-state index in [0.29, 0.717) is 47.0 Å². The average Bonchev–Trinajstić information content (AvgIpc) is 3.46. The second kappa shape index (κ2) is 12.7. The molecular formula is C30H28Cl2N8O5. The highest BCUT2D eigenvalue weighted by Gasteiger charge is 2.40. The van der Waals surface area contributed by atoms with Gasteiger partial charge in [0.15, 0.2) is 5.15 Å². The zero-order chi connectivity index (χ0) is 31.7. The minimum atomic E-state index is -1.27. The third-order valence-electron chi connectivity index (χ3n) is 7.98. The fourth-order valence-electron chi connectivity index (χ4n) is 5.82. The summed E-state index contributed by atoms with van der Waals surface area (Å²) >= 11 is 12.3. The van der Waals surface area contributed by atoms with Crippen LogP contribution in [0.3, 0.4) is 0 Å². The number of aromatic nitrogens is 5. The molecule has 3 amide bonds. The topological polar surface area (TPSA) is 156 Å². The average molecular weight is 652 g/mol. The Morgan fingerprint density at radius 2 is 1.84 bits per heavy atom. The number of nitrogens with zero attached hydrogens (tertiary/aromatic N) is 7. The summed E-state index contributed by atoms with van der Waals surface area (Å²) < 4.78 is 3.04. The third-order valence-corrected chi connectivity index (χ3v) is 8.39. The van der Waals surface area contributed by atoms with Crippen molar-refractivity contribution >= 4 is 46.8 Å². The molecule has 0 aliphatic carbocycles. The molecular weight excluding hydrogens is 623 g/mol.